The molecule has 1 aliphatic carbocycles. The van der Waals surface area contributed by atoms with Gasteiger partial charge in [0, 0.05) is 41.7 Å². The molecule has 0 aromatic heterocycles. The van der Waals surface area contributed by atoms with Gasteiger partial charge in [-0.05, 0) is 42.3 Å². The zero-order valence-corrected chi connectivity index (χ0v) is 26.4. The van der Waals surface area contributed by atoms with E-state index < -0.39 is 75.2 Å². The van der Waals surface area contributed by atoms with Gasteiger partial charge in [-0.1, -0.05) is 54.1 Å². The van der Waals surface area contributed by atoms with Crippen LogP contribution in [0, 0.1) is 5.82 Å². The van der Waals surface area contributed by atoms with E-state index in [1.807, 2.05) is 4.72 Å². The quantitative estimate of drug-likeness (QED) is 0.139. The second kappa shape index (κ2) is 14.9. The van der Waals surface area contributed by atoms with Gasteiger partial charge >= 0.3 is 0 Å². The molecule has 46 heavy (non-hydrogen) atoms. The number of halogens is 4. The van der Waals surface area contributed by atoms with Gasteiger partial charge in [0.05, 0.1) is 24.0 Å². The van der Waals surface area contributed by atoms with Crippen LogP contribution in [0.25, 0.3) is 0 Å². The number of carbonyl (C=O) groups is 2. The molecule has 4 rings (SSSR count). The van der Waals surface area contributed by atoms with Gasteiger partial charge in [0.2, 0.25) is 11.8 Å². The maximum absolute atomic E-state index is 15.4. The molecule has 1 fully saturated rings. The lowest BCUT2D eigenvalue weighted by atomic mass is 9.85. The Kier molecular flexibility index (Phi) is 11.5. The predicted molar refractivity (Wildman–Crippen MR) is 164 cm³/mol. The van der Waals surface area contributed by atoms with E-state index >= 15 is 4.39 Å². The van der Waals surface area contributed by atoms with Crippen LogP contribution in [-0.2, 0) is 34.1 Å². The van der Waals surface area contributed by atoms with Crippen LogP contribution in [0.3, 0.4) is 0 Å². The van der Waals surface area contributed by atoms with Gasteiger partial charge in [-0.25, -0.2) is 17.9 Å². The molecule has 0 heterocycles. The van der Waals surface area contributed by atoms with Gasteiger partial charge in [0.1, 0.15) is 5.82 Å². The van der Waals surface area contributed by atoms with Gasteiger partial charge in [0.25, 0.3) is 26.2 Å². The highest BCUT2D eigenvalue weighted by molar-refractivity contribution is 7.87. The maximum atomic E-state index is 15.4. The molecule has 11 nitrogen and oxygen atoms in total. The molecule has 2 amide bonds. The van der Waals surface area contributed by atoms with Crippen molar-refractivity contribution in [1.29, 1.82) is 0 Å². The number of hydrogen-bond donors (Lipinski definition) is 4. The summed E-state index contributed by atoms with van der Waals surface area (Å²) in [5.74, 6) is -7.03. The highest BCUT2D eigenvalue weighted by atomic mass is 35.5. The predicted octanol–water partition coefficient (Wildman–Crippen LogP) is 3.68. The molecule has 0 bridgehead atoms. The van der Waals surface area contributed by atoms with Crippen molar-refractivity contribution in [2.45, 2.75) is 42.0 Å². The fraction of sp³-hybridized carbons (Fsp3) is 0.310. The number of nitrogens with one attached hydrogen (secondary N) is 4. The molecule has 3 aromatic rings. The third-order valence-corrected chi connectivity index (χ3v) is 9.62. The number of hydrogen-bond acceptors (Lipinski definition) is 7. The average molecular weight is 703 g/mol. The van der Waals surface area contributed by atoms with Crippen molar-refractivity contribution in [3.63, 3.8) is 0 Å². The van der Waals surface area contributed by atoms with Crippen LogP contribution in [-0.4, -0.2) is 60.3 Å². The van der Waals surface area contributed by atoms with E-state index in [9.17, 15) is 35.2 Å². The normalized spacial score (nSPS) is 15.5. The first-order valence-electron chi connectivity index (χ1n) is 13.9. The van der Waals surface area contributed by atoms with Crippen LogP contribution in [0.15, 0.2) is 77.7 Å². The number of carbonyl (C=O) groups excluding carboxylic acids is 2. The summed E-state index contributed by atoms with van der Waals surface area (Å²) in [6.07, 6.45) is -1.18. The first kappa shape index (κ1) is 35.3. The summed E-state index contributed by atoms with van der Waals surface area (Å²) >= 11 is 6.33. The summed E-state index contributed by atoms with van der Waals surface area (Å²) in [7, 11) is -8.25. The SMILES string of the molecule is O=C(CNS(=O)(=O)NCCCOS(=O)(=O)c1ccccc1)Nc1cccc(F)c1[C@H](C(=O)NC1CC(F)(F)C1)c1ccccc1Cl. The minimum Gasteiger partial charge on any atom is -0.352 e. The molecule has 0 radical (unpaired) electrons. The molecule has 17 heteroatoms. The number of benzene rings is 3. The van der Waals surface area contributed by atoms with Crippen molar-refractivity contribution in [1.82, 2.24) is 14.8 Å². The third-order valence-electron chi connectivity index (χ3n) is 6.84. The smallest absolute Gasteiger partial charge is 0.296 e. The van der Waals surface area contributed by atoms with E-state index in [4.69, 9.17) is 15.8 Å². The molecule has 1 atom stereocenters. The summed E-state index contributed by atoms with van der Waals surface area (Å²) in [6.45, 7) is -1.34. The van der Waals surface area contributed by atoms with Crippen molar-refractivity contribution in [3.8, 4) is 0 Å². The lowest BCUT2D eigenvalue weighted by Gasteiger charge is -2.36. The van der Waals surface area contributed by atoms with E-state index in [0.717, 1.165) is 6.07 Å². The fourth-order valence-electron chi connectivity index (χ4n) is 4.63. The Hall–Kier alpha value is -3.54. The highest BCUT2D eigenvalue weighted by Crippen LogP contribution is 2.40. The molecule has 1 aliphatic rings. The zero-order chi connectivity index (χ0) is 33.5. The van der Waals surface area contributed by atoms with E-state index in [-0.39, 0.29) is 46.3 Å². The minimum absolute atomic E-state index is 0.0180. The molecule has 1 saturated carbocycles. The molecule has 248 valence electrons. The summed E-state index contributed by atoms with van der Waals surface area (Å²) in [5.41, 5.74) is -0.328. The summed E-state index contributed by atoms with van der Waals surface area (Å²) in [6, 6.07) is 16.2. The van der Waals surface area contributed by atoms with Crippen LogP contribution < -0.4 is 20.1 Å². The van der Waals surface area contributed by atoms with Crippen LogP contribution >= 0.6 is 11.6 Å². The molecule has 0 aliphatic heterocycles. The summed E-state index contributed by atoms with van der Waals surface area (Å²) < 4.78 is 100. The number of amides is 2. The second-order valence-corrected chi connectivity index (χ2v) is 13.9. The molecular weight excluding hydrogens is 673 g/mol. The van der Waals surface area contributed by atoms with Crippen molar-refractivity contribution in [3.05, 3.63) is 94.8 Å². The first-order chi connectivity index (χ1) is 21.7. The first-order valence-corrected chi connectivity index (χ1v) is 17.1. The van der Waals surface area contributed by atoms with Gasteiger partial charge in [-0.3, -0.25) is 13.8 Å². The lowest BCUT2D eigenvalue weighted by Crippen LogP contribution is -2.51. The third kappa shape index (κ3) is 9.49. The van der Waals surface area contributed by atoms with Crippen LogP contribution in [0.1, 0.15) is 36.3 Å². The Bertz CT molecular complexity index is 1770. The van der Waals surface area contributed by atoms with Gasteiger partial charge in [0.15, 0.2) is 0 Å². The van der Waals surface area contributed by atoms with E-state index in [1.54, 1.807) is 18.2 Å². The van der Waals surface area contributed by atoms with Crippen LogP contribution in [0.4, 0.5) is 18.9 Å². The average Bonchev–Trinajstić information content (AvgIpc) is 2.98. The largest absolute Gasteiger partial charge is 0.352 e. The Labute approximate surface area is 269 Å². The van der Waals surface area contributed by atoms with Crippen molar-refractivity contribution in [2.75, 3.05) is 25.0 Å². The summed E-state index contributed by atoms with van der Waals surface area (Å²) in [5, 5.41) is 4.97. The van der Waals surface area contributed by atoms with E-state index in [2.05, 4.69) is 15.4 Å². The maximum Gasteiger partial charge on any atom is 0.296 e. The van der Waals surface area contributed by atoms with Crippen LogP contribution in [0.2, 0.25) is 5.02 Å². The molecule has 3 aromatic carbocycles. The molecule has 0 unspecified atom stereocenters. The van der Waals surface area contributed by atoms with Crippen molar-refractivity contribution < 1.29 is 43.8 Å². The molecule has 4 N–H and O–H groups in total. The van der Waals surface area contributed by atoms with Gasteiger partial charge in [-0.2, -0.15) is 21.6 Å². The van der Waals surface area contributed by atoms with Gasteiger partial charge < -0.3 is 10.6 Å². The Morgan fingerprint density at radius 3 is 2.28 bits per heavy atom. The van der Waals surface area contributed by atoms with Crippen molar-refractivity contribution >= 4 is 49.4 Å². The molecule has 0 saturated heterocycles. The highest BCUT2D eigenvalue weighted by Gasteiger charge is 2.46. The minimum atomic E-state index is -4.24. The monoisotopic (exact) mass is 702 g/mol. The molecular formula is C29H30ClF3N4O7S2. The Morgan fingerprint density at radius 1 is 0.935 bits per heavy atom. The lowest BCUT2D eigenvalue weighted by molar-refractivity contribution is -0.129. The van der Waals surface area contributed by atoms with Crippen LogP contribution in [0.5, 0.6) is 0 Å². The van der Waals surface area contributed by atoms with E-state index in [0.29, 0.717) is 0 Å². The second-order valence-electron chi connectivity index (χ2n) is 10.3. The van der Waals surface area contributed by atoms with Gasteiger partial charge in [-0.15, -0.1) is 0 Å². The number of alkyl halides is 2. The Balaban J connectivity index is 1.38. The fourth-order valence-corrected chi connectivity index (χ4v) is 6.68. The van der Waals surface area contributed by atoms with Crippen molar-refractivity contribution in [2.24, 2.45) is 0 Å². The number of rotatable bonds is 15. The topological polar surface area (TPSA) is 160 Å². The zero-order valence-electron chi connectivity index (χ0n) is 24.0. The van der Waals surface area contributed by atoms with E-state index in [1.165, 1.54) is 48.5 Å². The molecule has 0 spiro atoms. The summed E-state index contributed by atoms with van der Waals surface area (Å²) in [4.78, 5) is 26.1. The standard InChI is InChI=1S/C29H30ClF3N4O7S2/c30-22-11-5-4-10-21(22)26(28(39)36-19-16-29(32,33)17-19)27-23(31)12-6-13-24(27)37-25(38)18-35-46(42,43)34-14-7-15-44-45(40,41)20-8-2-1-3-9-20/h1-6,8-13,19,26,34-35H,7,14-18H2,(H,36,39)(H,37,38)/t26-/m1/s1. The Morgan fingerprint density at radius 2 is 1.61 bits per heavy atom. The number of anilines is 1.